The van der Waals surface area contributed by atoms with E-state index in [1.807, 2.05) is 0 Å². The lowest BCUT2D eigenvalue weighted by atomic mass is 9.86. The summed E-state index contributed by atoms with van der Waals surface area (Å²) in [5.74, 6) is -0.761. The van der Waals surface area contributed by atoms with Crippen LogP contribution in [0, 0.1) is 17.3 Å². The first-order chi connectivity index (χ1) is 13.4. The zero-order chi connectivity index (χ0) is 21.0. The molecule has 0 N–H and O–H groups in total. The van der Waals surface area contributed by atoms with Crippen LogP contribution in [0.1, 0.15) is 111 Å². The lowest BCUT2D eigenvalue weighted by Crippen LogP contribution is -2.27. The largest absolute Gasteiger partial charge is 0.469 e. The van der Waals surface area contributed by atoms with Crippen molar-refractivity contribution < 1.29 is 19.1 Å². The number of carbonyl (C=O) groups is 3. The molecule has 0 spiro atoms. The highest BCUT2D eigenvalue weighted by Gasteiger charge is 2.53. The fourth-order valence-electron chi connectivity index (χ4n) is 4.48. The van der Waals surface area contributed by atoms with Crippen molar-refractivity contribution in [2.24, 2.45) is 17.3 Å². The Morgan fingerprint density at radius 1 is 0.786 bits per heavy atom. The van der Waals surface area contributed by atoms with E-state index < -0.39 is 5.41 Å². The Morgan fingerprint density at radius 3 is 1.68 bits per heavy atom. The molecule has 0 radical (unpaired) electrons. The first kappa shape index (κ1) is 24.8. The van der Waals surface area contributed by atoms with Gasteiger partial charge in [0.05, 0.1) is 12.5 Å². The molecule has 2 atom stereocenters. The maximum absolute atomic E-state index is 12.7. The molecule has 0 heterocycles. The summed E-state index contributed by atoms with van der Waals surface area (Å²) in [6.45, 7) is 5.73. The molecule has 1 rings (SSSR count). The molecular formula is C24H42O4. The Hall–Kier alpha value is -1.19. The third-order valence-corrected chi connectivity index (χ3v) is 6.40. The van der Waals surface area contributed by atoms with Crippen molar-refractivity contribution in [1.29, 1.82) is 0 Å². The predicted octanol–water partition coefficient (Wildman–Crippen LogP) is 6.05. The fraction of sp³-hybridized carbons (Fsp3) is 0.875. The van der Waals surface area contributed by atoms with Gasteiger partial charge in [-0.3, -0.25) is 14.4 Å². The average molecular weight is 395 g/mol. The minimum atomic E-state index is -0.900. The van der Waals surface area contributed by atoms with Gasteiger partial charge in [-0.15, -0.1) is 0 Å². The lowest BCUT2D eigenvalue weighted by molar-refractivity contribution is -0.141. The van der Waals surface area contributed by atoms with Crippen LogP contribution in [0.5, 0.6) is 0 Å². The Morgan fingerprint density at radius 2 is 1.21 bits per heavy atom. The van der Waals surface area contributed by atoms with Crippen molar-refractivity contribution in [3.63, 3.8) is 0 Å². The number of ketones is 2. The lowest BCUT2D eigenvalue weighted by Gasteiger charge is -2.16. The fourth-order valence-corrected chi connectivity index (χ4v) is 4.48. The summed E-state index contributed by atoms with van der Waals surface area (Å²) in [6.07, 6.45) is 15.4. The van der Waals surface area contributed by atoms with E-state index in [4.69, 9.17) is 4.74 Å². The molecule has 0 unspecified atom stereocenters. The average Bonchev–Trinajstić information content (AvgIpc) is 2.84. The standard InChI is InChI=1S/C24H42O4/c1-5-6-7-8-9-10-11-12-13-14-15-16-19-20(17-18-21(25)28-4)23(27)24(2,3)22(19)26/h19-20H,5-18H2,1-4H3/t19-,20+/m1/s1. The Bertz CT molecular complexity index is 495. The van der Waals surface area contributed by atoms with Crippen LogP contribution in [-0.4, -0.2) is 24.6 Å². The summed E-state index contributed by atoms with van der Waals surface area (Å²) in [6, 6.07) is 0. The number of unbranched alkanes of at least 4 members (excludes halogenated alkanes) is 10. The van der Waals surface area contributed by atoms with E-state index >= 15 is 0 Å². The Labute approximate surface area is 172 Å². The number of Topliss-reactive ketones (excluding diaryl/α,β-unsaturated/α-hetero) is 2. The summed E-state index contributed by atoms with van der Waals surface area (Å²) in [5, 5.41) is 0. The van der Waals surface area contributed by atoms with E-state index in [9.17, 15) is 14.4 Å². The molecule has 1 aliphatic carbocycles. The quantitative estimate of drug-likeness (QED) is 0.193. The summed E-state index contributed by atoms with van der Waals surface area (Å²) in [4.78, 5) is 36.9. The van der Waals surface area contributed by atoms with Crippen LogP contribution in [-0.2, 0) is 19.1 Å². The second kappa shape index (κ2) is 13.1. The molecule has 0 aromatic carbocycles. The molecule has 1 saturated carbocycles. The number of carbonyl (C=O) groups excluding carboxylic acids is 3. The Balaban J connectivity index is 2.29. The Kier molecular flexibility index (Phi) is 11.6. The smallest absolute Gasteiger partial charge is 0.305 e. The molecule has 0 aliphatic heterocycles. The molecule has 1 aliphatic rings. The monoisotopic (exact) mass is 394 g/mol. The van der Waals surface area contributed by atoms with Crippen LogP contribution >= 0.6 is 0 Å². The number of methoxy groups -OCH3 is 1. The maximum atomic E-state index is 12.7. The zero-order valence-corrected chi connectivity index (χ0v) is 18.7. The number of hydrogen-bond acceptors (Lipinski definition) is 4. The molecule has 1 fully saturated rings. The van der Waals surface area contributed by atoms with Crippen LogP contribution in [0.4, 0.5) is 0 Å². The zero-order valence-electron chi connectivity index (χ0n) is 18.7. The third kappa shape index (κ3) is 7.67. The first-order valence-corrected chi connectivity index (χ1v) is 11.5. The van der Waals surface area contributed by atoms with Crippen LogP contribution in [0.25, 0.3) is 0 Å². The summed E-state index contributed by atoms with van der Waals surface area (Å²) in [7, 11) is 1.36. The van der Waals surface area contributed by atoms with Gasteiger partial charge < -0.3 is 4.74 Å². The van der Waals surface area contributed by atoms with E-state index in [1.165, 1.54) is 64.9 Å². The molecule has 0 bridgehead atoms. The predicted molar refractivity (Wildman–Crippen MR) is 113 cm³/mol. The van der Waals surface area contributed by atoms with Gasteiger partial charge in [0, 0.05) is 18.3 Å². The van der Waals surface area contributed by atoms with Gasteiger partial charge in [-0.2, -0.15) is 0 Å². The minimum Gasteiger partial charge on any atom is -0.469 e. The van der Waals surface area contributed by atoms with Gasteiger partial charge >= 0.3 is 5.97 Å². The second-order valence-corrected chi connectivity index (χ2v) is 9.01. The van der Waals surface area contributed by atoms with E-state index in [2.05, 4.69) is 6.92 Å². The highest BCUT2D eigenvalue weighted by molar-refractivity contribution is 6.14. The van der Waals surface area contributed by atoms with Gasteiger partial charge in [0.1, 0.15) is 11.6 Å². The molecule has 0 aromatic heterocycles. The maximum Gasteiger partial charge on any atom is 0.305 e. The topological polar surface area (TPSA) is 60.4 Å². The second-order valence-electron chi connectivity index (χ2n) is 9.01. The van der Waals surface area contributed by atoms with Gasteiger partial charge in [-0.05, 0) is 26.7 Å². The van der Waals surface area contributed by atoms with E-state index in [-0.39, 0.29) is 35.8 Å². The summed E-state index contributed by atoms with van der Waals surface area (Å²) < 4.78 is 4.70. The molecule has 162 valence electrons. The van der Waals surface area contributed by atoms with Crippen molar-refractivity contribution in [2.45, 2.75) is 111 Å². The van der Waals surface area contributed by atoms with Crippen molar-refractivity contribution in [3.8, 4) is 0 Å². The molecular weight excluding hydrogens is 352 g/mol. The normalized spacial score (nSPS) is 21.3. The van der Waals surface area contributed by atoms with Gasteiger partial charge in [0.25, 0.3) is 0 Å². The van der Waals surface area contributed by atoms with E-state index in [1.54, 1.807) is 13.8 Å². The molecule has 0 saturated heterocycles. The molecule has 0 amide bonds. The van der Waals surface area contributed by atoms with Crippen LogP contribution in [0.2, 0.25) is 0 Å². The minimum absolute atomic E-state index is 0.00877. The van der Waals surface area contributed by atoms with Gasteiger partial charge in [-0.25, -0.2) is 0 Å². The van der Waals surface area contributed by atoms with Crippen LogP contribution in [0.15, 0.2) is 0 Å². The van der Waals surface area contributed by atoms with Crippen molar-refractivity contribution in [3.05, 3.63) is 0 Å². The third-order valence-electron chi connectivity index (χ3n) is 6.40. The van der Waals surface area contributed by atoms with Crippen LogP contribution < -0.4 is 0 Å². The van der Waals surface area contributed by atoms with Gasteiger partial charge in [0.15, 0.2) is 0 Å². The highest BCUT2D eigenvalue weighted by atomic mass is 16.5. The van der Waals surface area contributed by atoms with Crippen molar-refractivity contribution in [1.82, 2.24) is 0 Å². The molecule has 4 nitrogen and oxygen atoms in total. The van der Waals surface area contributed by atoms with E-state index in [0.717, 1.165) is 19.3 Å². The van der Waals surface area contributed by atoms with Gasteiger partial charge in [-0.1, -0.05) is 77.6 Å². The number of ether oxygens (including phenoxy) is 1. The number of hydrogen-bond donors (Lipinski definition) is 0. The van der Waals surface area contributed by atoms with Crippen LogP contribution in [0.3, 0.4) is 0 Å². The summed E-state index contributed by atoms with van der Waals surface area (Å²) in [5.41, 5.74) is -0.900. The van der Waals surface area contributed by atoms with Crippen molar-refractivity contribution in [2.75, 3.05) is 7.11 Å². The molecule has 28 heavy (non-hydrogen) atoms. The highest BCUT2D eigenvalue weighted by Crippen LogP contribution is 2.43. The first-order valence-electron chi connectivity index (χ1n) is 11.5. The van der Waals surface area contributed by atoms with Crippen molar-refractivity contribution >= 4 is 17.5 Å². The number of rotatable bonds is 15. The number of esters is 1. The van der Waals surface area contributed by atoms with Gasteiger partial charge in [0.2, 0.25) is 0 Å². The molecule has 0 aromatic rings. The SMILES string of the molecule is CCCCCCCCCCCCC[C@H]1C(=O)C(C)(C)C(=O)[C@H]1CCC(=O)OC. The molecule has 4 heteroatoms. The van der Waals surface area contributed by atoms with E-state index in [0.29, 0.717) is 6.42 Å². The summed E-state index contributed by atoms with van der Waals surface area (Å²) >= 11 is 0.